The molecule has 0 unspecified atom stereocenters. The molecule has 3 N–H and O–H groups in total. The monoisotopic (exact) mass is 249 g/mol. The molecule has 1 aromatic carbocycles. The number of ether oxygens (including phenoxy) is 1. The van der Waals surface area contributed by atoms with Crippen LogP contribution in [-0.4, -0.2) is 36.1 Å². The van der Waals surface area contributed by atoms with E-state index in [0.29, 0.717) is 25.3 Å². The normalized spacial score (nSPS) is 18.5. The van der Waals surface area contributed by atoms with Crippen LogP contribution in [0.4, 0.5) is 5.69 Å². The summed E-state index contributed by atoms with van der Waals surface area (Å²) in [7, 11) is 0. The summed E-state index contributed by atoms with van der Waals surface area (Å²) in [5.41, 5.74) is 3.74. The molecule has 1 aromatic rings. The van der Waals surface area contributed by atoms with Crippen molar-refractivity contribution in [3.05, 3.63) is 29.8 Å². The van der Waals surface area contributed by atoms with Gasteiger partial charge in [0.1, 0.15) is 0 Å². The molecule has 0 radical (unpaired) electrons. The third-order valence-corrected chi connectivity index (χ3v) is 3.19. The van der Waals surface area contributed by atoms with Gasteiger partial charge in [0.2, 0.25) is 0 Å². The molecule has 98 valence electrons. The van der Waals surface area contributed by atoms with Crippen LogP contribution in [0.2, 0.25) is 0 Å². The Morgan fingerprint density at radius 1 is 1.39 bits per heavy atom. The van der Waals surface area contributed by atoms with Gasteiger partial charge in [-0.2, -0.15) is 0 Å². The number of nitrogens with zero attached hydrogens (tertiary/aromatic N) is 1. The second kappa shape index (κ2) is 4.96. The van der Waals surface area contributed by atoms with Crippen molar-refractivity contribution >= 4 is 11.6 Å². The Bertz CT molecular complexity index is 428. The lowest BCUT2D eigenvalue weighted by atomic mass is 10.0. The Balaban J connectivity index is 2.19. The van der Waals surface area contributed by atoms with Gasteiger partial charge in [-0.25, -0.2) is 0 Å². The predicted octanol–water partition coefficient (Wildman–Crippen LogP) is 1.22. The first-order valence-corrected chi connectivity index (χ1v) is 6.01. The fourth-order valence-corrected chi connectivity index (χ4v) is 2.10. The molecular formula is C13H19N3O2. The number of benzene rings is 1. The third kappa shape index (κ3) is 2.47. The average molecular weight is 249 g/mol. The fourth-order valence-electron chi connectivity index (χ4n) is 2.10. The minimum Gasteiger partial charge on any atom is -0.377 e. The summed E-state index contributed by atoms with van der Waals surface area (Å²) in [4.78, 5) is 14.3. The molecule has 1 saturated heterocycles. The van der Waals surface area contributed by atoms with E-state index in [2.05, 4.69) is 5.43 Å². The molecule has 5 nitrogen and oxygen atoms in total. The number of hydrogen-bond acceptors (Lipinski definition) is 4. The van der Waals surface area contributed by atoms with E-state index in [4.69, 9.17) is 10.6 Å². The van der Waals surface area contributed by atoms with Gasteiger partial charge in [0, 0.05) is 17.8 Å². The average Bonchev–Trinajstić information content (AvgIpc) is 2.37. The smallest absolute Gasteiger partial charge is 0.254 e. The number of rotatable bonds is 2. The lowest BCUT2D eigenvalue weighted by Gasteiger charge is -2.42. The van der Waals surface area contributed by atoms with Crippen molar-refractivity contribution in [2.45, 2.75) is 19.4 Å². The van der Waals surface area contributed by atoms with Gasteiger partial charge in [0.25, 0.3) is 5.91 Å². The van der Waals surface area contributed by atoms with Crippen molar-refractivity contribution in [3.63, 3.8) is 0 Å². The van der Waals surface area contributed by atoms with Gasteiger partial charge in [-0.15, -0.1) is 0 Å². The molecule has 5 heteroatoms. The highest BCUT2D eigenvalue weighted by Crippen LogP contribution is 2.22. The second-order valence-electron chi connectivity index (χ2n) is 5.04. The number of anilines is 1. The highest BCUT2D eigenvalue weighted by atomic mass is 16.5. The summed E-state index contributed by atoms with van der Waals surface area (Å²) < 4.78 is 5.42. The van der Waals surface area contributed by atoms with Gasteiger partial charge in [-0.1, -0.05) is 0 Å². The molecule has 1 fully saturated rings. The molecule has 0 bridgehead atoms. The number of carbonyl (C=O) groups is 1. The molecule has 1 aliphatic rings. The van der Waals surface area contributed by atoms with Crippen molar-refractivity contribution in [2.24, 2.45) is 5.84 Å². The maximum Gasteiger partial charge on any atom is 0.254 e. The number of nitrogen functional groups attached to an aromatic ring is 1. The summed E-state index contributed by atoms with van der Waals surface area (Å²) in [6.07, 6.45) is 0. The highest BCUT2D eigenvalue weighted by molar-refractivity contribution is 5.95. The van der Waals surface area contributed by atoms with Crippen LogP contribution in [0.15, 0.2) is 24.3 Å². The van der Waals surface area contributed by atoms with Crippen LogP contribution >= 0.6 is 0 Å². The molecule has 0 spiro atoms. The van der Waals surface area contributed by atoms with E-state index in [1.807, 2.05) is 18.7 Å². The van der Waals surface area contributed by atoms with E-state index in [9.17, 15) is 4.79 Å². The SMILES string of the molecule is CC1(C)COCCN1C(=O)c1ccc(NN)cc1. The van der Waals surface area contributed by atoms with Crippen molar-refractivity contribution in [1.29, 1.82) is 0 Å². The standard InChI is InChI=1S/C13H19N3O2/c1-13(2)9-18-8-7-16(13)12(17)10-3-5-11(15-14)6-4-10/h3-6,15H,7-9,14H2,1-2H3. The first-order valence-electron chi connectivity index (χ1n) is 6.01. The number of amides is 1. The molecule has 0 aliphatic carbocycles. The summed E-state index contributed by atoms with van der Waals surface area (Å²) in [6.45, 7) is 5.82. The van der Waals surface area contributed by atoms with Crippen LogP contribution in [0.25, 0.3) is 0 Å². The van der Waals surface area contributed by atoms with Gasteiger partial charge >= 0.3 is 0 Å². The van der Waals surface area contributed by atoms with Crippen molar-refractivity contribution < 1.29 is 9.53 Å². The molecule has 18 heavy (non-hydrogen) atoms. The Hall–Kier alpha value is -1.59. The number of hydrazine groups is 1. The zero-order chi connectivity index (χ0) is 13.2. The Kier molecular flexibility index (Phi) is 3.54. The third-order valence-electron chi connectivity index (χ3n) is 3.19. The van der Waals surface area contributed by atoms with Crippen LogP contribution in [-0.2, 0) is 4.74 Å². The van der Waals surface area contributed by atoms with E-state index in [-0.39, 0.29) is 11.4 Å². The predicted molar refractivity (Wildman–Crippen MR) is 70.2 cm³/mol. The quantitative estimate of drug-likeness (QED) is 0.611. The van der Waals surface area contributed by atoms with Crippen LogP contribution in [0, 0.1) is 0 Å². The Morgan fingerprint density at radius 2 is 2.06 bits per heavy atom. The molecule has 0 atom stereocenters. The molecule has 2 rings (SSSR count). The number of nitrogens with one attached hydrogen (secondary N) is 1. The maximum atomic E-state index is 12.4. The van der Waals surface area contributed by atoms with Gasteiger partial charge in [0.15, 0.2) is 0 Å². The zero-order valence-corrected chi connectivity index (χ0v) is 10.8. The van der Waals surface area contributed by atoms with Gasteiger partial charge in [-0.05, 0) is 38.1 Å². The molecule has 1 amide bonds. The molecule has 1 aliphatic heterocycles. The minimum atomic E-state index is -0.264. The van der Waals surface area contributed by atoms with Gasteiger partial charge in [-0.3, -0.25) is 10.6 Å². The largest absolute Gasteiger partial charge is 0.377 e. The lowest BCUT2D eigenvalue weighted by Crippen LogP contribution is -2.55. The van der Waals surface area contributed by atoms with E-state index in [1.54, 1.807) is 24.3 Å². The topological polar surface area (TPSA) is 67.6 Å². The zero-order valence-electron chi connectivity index (χ0n) is 10.8. The maximum absolute atomic E-state index is 12.4. The van der Waals surface area contributed by atoms with Crippen LogP contribution in [0.5, 0.6) is 0 Å². The number of nitrogens with two attached hydrogens (primary N) is 1. The van der Waals surface area contributed by atoms with E-state index in [1.165, 1.54) is 0 Å². The van der Waals surface area contributed by atoms with Crippen LogP contribution in [0.1, 0.15) is 24.2 Å². The molecular weight excluding hydrogens is 230 g/mol. The summed E-state index contributed by atoms with van der Waals surface area (Å²) in [6, 6.07) is 7.15. The first-order chi connectivity index (χ1) is 8.54. The van der Waals surface area contributed by atoms with E-state index in [0.717, 1.165) is 5.69 Å². The molecule has 0 aromatic heterocycles. The van der Waals surface area contributed by atoms with Gasteiger partial charge in [0.05, 0.1) is 18.8 Å². The lowest BCUT2D eigenvalue weighted by molar-refractivity contribution is -0.0370. The summed E-state index contributed by atoms with van der Waals surface area (Å²) in [5, 5.41) is 0. The summed E-state index contributed by atoms with van der Waals surface area (Å²) in [5.74, 6) is 5.33. The van der Waals surface area contributed by atoms with Crippen LogP contribution in [0.3, 0.4) is 0 Å². The van der Waals surface area contributed by atoms with Crippen molar-refractivity contribution in [3.8, 4) is 0 Å². The second-order valence-corrected chi connectivity index (χ2v) is 5.04. The van der Waals surface area contributed by atoms with Crippen molar-refractivity contribution in [1.82, 2.24) is 4.90 Å². The highest BCUT2D eigenvalue weighted by Gasteiger charge is 2.34. The van der Waals surface area contributed by atoms with E-state index >= 15 is 0 Å². The van der Waals surface area contributed by atoms with Gasteiger partial charge < -0.3 is 15.1 Å². The Labute approximate surface area is 107 Å². The number of hydrogen-bond donors (Lipinski definition) is 2. The van der Waals surface area contributed by atoms with Crippen LogP contribution < -0.4 is 11.3 Å². The number of morpholine rings is 1. The number of carbonyl (C=O) groups excluding carboxylic acids is 1. The summed E-state index contributed by atoms with van der Waals surface area (Å²) >= 11 is 0. The molecule has 0 saturated carbocycles. The molecule has 1 heterocycles. The first kappa shape index (κ1) is 12.9. The van der Waals surface area contributed by atoms with E-state index < -0.39 is 0 Å². The van der Waals surface area contributed by atoms with Crippen molar-refractivity contribution in [2.75, 3.05) is 25.2 Å². The minimum absolute atomic E-state index is 0.0341. The fraction of sp³-hybridized carbons (Fsp3) is 0.462. The Morgan fingerprint density at radius 3 is 2.61 bits per heavy atom.